The Labute approximate surface area is 80.5 Å². The first-order valence-electron chi connectivity index (χ1n) is 5.20. The highest BCUT2D eigenvalue weighted by Crippen LogP contribution is 2.15. The summed E-state index contributed by atoms with van der Waals surface area (Å²) >= 11 is 0. The Morgan fingerprint density at radius 1 is 1.08 bits per heavy atom. The maximum absolute atomic E-state index is 7.00. The van der Waals surface area contributed by atoms with Crippen molar-refractivity contribution in [3.63, 3.8) is 0 Å². The minimum Gasteiger partial charge on any atom is -0.400 e. The number of nitrogens with zero attached hydrogens (tertiary/aromatic N) is 2. The van der Waals surface area contributed by atoms with Crippen LogP contribution in [0.4, 0.5) is 0 Å². The van der Waals surface area contributed by atoms with Crippen LogP contribution in [0.25, 0.3) is 0 Å². The number of rotatable bonds is 0. The monoisotopic (exact) mass is 184 g/mol. The quantitative estimate of drug-likeness (QED) is 0.615. The van der Waals surface area contributed by atoms with Gasteiger partial charge in [-0.3, -0.25) is 4.99 Å². The van der Waals surface area contributed by atoms with Crippen LogP contribution in [-0.4, -0.2) is 42.6 Å². The summed E-state index contributed by atoms with van der Waals surface area (Å²) in [6, 6.07) is 0. The standard InChI is InChI=1S/C9H16N2.CH4O/c1-2-5-9-10-6-4-8-11(9)7-3-1;1-2/h1-8H2;2H,1H3. The topological polar surface area (TPSA) is 35.8 Å². The van der Waals surface area contributed by atoms with Gasteiger partial charge in [-0.25, -0.2) is 0 Å². The number of aliphatic hydroxyl groups is 1. The predicted octanol–water partition coefficient (Wildman–Crippen LogP) is 1.27. The van der Waals surface area contributed by atoms with Crippen LogP contribution in [0.15, 0.2) is 4.99 Å². The third-order valence-electron chi connectivity index (χ3n) is 2.57. The fraction of sp³-hybridized carbons (Fsp3) is 0.900. The van der Waals surface area contributed by atoms with Crippen LogP contribution in [0.1, 0.15) is 32.1 Å². The first kappa shape index (κ1) is 10.5. The zero-order valence-electron chi connectivity index (χ0n) is 8.50. The van der Waals surface area contributed by atoms with Crippen molar-refractivity contribution in [1.29, 1.82) is 0 Å². The molecule has 3 heteroatoms. The van der Waals surface area contributed by atoms with Crippen LogP contribution >= 0.6 is 0 Å². The Morgan fingerprint density at radius 3 is 2.69 bits per heavy atom. The summed E-state index contributed by atoms with van der Waals surface area (Å²) in [5.41, 5.74) is 0. The molecule has 0 aromatic carbocycles. The van der Waals surface area contributed by atoms with E-state index in [1.54, 1.807) is 0 Å². The highest BCUT2D eigenvalue weighted by Gasteiger charge is 2.16. The van der Waals surface area contributed by atoms with Crippen molar-refractivity contribution < 1.29 is 5.11 Å². The SMILES string of the molecule is C1CCC2=NCCCN2CC1.CO. The number of fused-ring (bicyclic) bond motifs is 1. The van der Waals surface area contributed by atoms with Gasteiger partial charge in [-0.2, -0.15) is 0 Å². The lowest BCUT2D eigenvalue weighted by Crippen LogP contribution is -2.34. The second-order valence-corrected chi connectivity index (χ2v) is 3.45. The van der Waals surface area contributed by atoms with Gasteiger partial charge in [0, 0.05) is 33.2 Å². The lowest BCUT2D eigenvalue weighted by Gasteiger charge is -2.27. The summed E-state index contributed by atoms with van der Waals surface area (Å²) in [5, 5.41) is 7.00. The van der Waals surface area contributed by atoms with Crippen molar-refractivity contribution in [3.05, 3.63) is 0 Å². The molecule has 0 atom stereocenters. The van der Waals surface area contributed by atoms with Crippen molar-refractivity contribution in [3.8, 4) is 0 Å². The van der Waals surface area contributed by atoms with E-state index in [4.69, 9.17) is 5.11 Å². The molecule has 0 aliphatic carbocycles. The van der Waals surface area contributed by atoms with Gasteiger partial charge in [0.2, 0.25) is 0 Å². The van der Waals surface area contributed by atoms with E-state index in [-0.39, 0.29) is 0 Å². The number of aliphatic imine (C=N–C) groups is 1. The van der Waals surface area contributed by atoms with Crippen molar-refractivity contribution in [2.45, 2.75) is 32.1 Å². The first-order valence-corrected chi connectivity index (χ1v) is 5.20. The summed E-state index contributed by atoms with van der Waals surface area (Å²) in [5.74, 6) is 1.40. The maximum atomic E-state index is 7.00. The van der Waals surface area contributed by atoms with Crippen molar-refractivity contribution in [1.82, 2.24) is 4.90 Å². The fourth-order valence-corrected chi connectivity index (χ4v) is 1.94. The van der Waals surface area contributed by atoms with Gasteiger partial charge in [0.05, 0.1) is 5.84 Å². The summed E-state index contributed by atoms with van der Waals surface area (Å²) in [7, 11) is 1.00. The van der Waals surface area contributed by atoms with Gasteiger partial charge in [-0.05, 0) is 19.3 Å². The molecule has 76 valence electrons. The number of amidine groups is 1. The van der Waals surface area contributed by atoms with Crippen LogP contribution in [0, 0.1) is 0 Å². The Bertz CT molecular complexity index is 168. The molecule has 13 heavy (non-hydrogen) atoms. The second kappa shape index (κ2) is 5.97. The minimum atomic E-state index is 1.00. The van der Waals surface area contributed by atoms with Crippen LogP contribution in [-0.2, 0) is 0 Å². The average molecular weight is 184 g/mol. The normalized spacial score (nSPS) is 22.0. The first-order chi connectivity index (χ1) is 6.47. The van der Waals surface area contributed by atoms with Crippen molar-refractivity contribution in [2.75, 3.05) is 26.7 Å². The summed E-state index contributed by atoms with van der Waals surface area (Å²) in [6.45, 7) is 3.60. The largest absolute Gasteiger partial charge is 0.400 e. The smallest absolute Gasteiger partial charge is 0.0988 e. The van der Waals surface area contributed by atoms with Crippen molar-refractivity contribution in [2.24, 2.45) is 4.99 Å². The molecule has 2 aliphatic heterocycles. The molecule has 2 rings (SSSR count). The molecule has 0 bridgehead atoms. The molecule has 0 spiro atoms. The van der Waals surface area contributed by atoms with Gasteiger partial charge < -0.3 is 10.0 Å². The van der Waals surface area contributed by atoms with E-state index in [1.807, 2.05) is 0 Å². The molecule has 0 aromatic rings. The van der Waals surface area contributed by atoms with E-state index in [0.29, 0.717) is 0 Å². The van der Waals surface area contributed by atoms with E-state index < -0.39 is 0 Å². The Hall–Kier alpha value is -0.570. The van der Waals surface area contributed by atoms with Gasteiger partial charge in [0.1, 0.15) is 0 Å². The molecular formula is C10H20N2O. The van der Waals surface area contributed by atoms with Gasteiger partial charge in [0.25, 0.3) is 0 Å². The van der Waals surface area contributed by atoms with E-state index in [2.05, 4.69) is 9.89 Å². The van der Waals surface area contributed by atoms with E-state index in [1.165, 1.54) is 51.0 Å². The third-order valence-corrected chi connectivity index (χ3v) is 2.57. The number of aliphatic hydroxyl groups excluding tert-OH is 1. The Morgan fingerprint density at radius 2 is 1.85 bits per heavy atom. The highest BCUT2D eigenvalue weighted by molar-refractivity contribution is 5.83. The second-order valence-electron chi connectivity index (χ2n) is 3.45. The molecule has 1 N–H and O–H groups in total. The summed E-state index contributed by atoms with van der Waals surface area (Å²) < 4.78 is 0. The lowest BCUT2D eigenvalue weighted by atomic mass is 10.2. The van der Waals surface area contributed by atoms with E-state index in [0.717, 1.165) is 13.7 Å². The summed E-state index contributed by atoms with van der Waals surface area (Å²) in [4.78, 5) is 7.04. The van der Waals surface area contributed by atoms with Gasteiger partial charge in [-0.1, -0.05) is 6.42 Å². The maximum Gasteiger partial charge on any atom is 0.0988 e. The minimum absolute atomic E-state index is 1.00. The van der Waals surface area contributed by atoms with Crippen LogP contribution in [0.2, 0.25) is 0 Å². The van der Waals surface area contributed by atoms with Crippen LogP contribution < -0.4 is 0 Å². The highest BCUT2D eigenvalue weighted by atomic mass is 16.2. The van der Waals surface area contributed by atoms with Crippen molar-refractivity contribution >= 4 is 5.84 Å². The van der Waals surface area contributed by atoms with Gasteiger partial charge in [-0.15, -0.1) is 0 Å². The zero-order chi connectivity index (χ0) is 9.52. The third kappa shape index (κ3) is 2.99. The number of hydrogen-bond acceptors (Lipinski definition) is 3. The molecule has 1 saturated heterocycles. The molecule has 0 unspecified atom stereocenters. The van der Waals surface area contributed by atoms with Crippen LogP contribution in [0.5, 0.6) is 0 Å². The molecule has 2 aliphatic rings. The zero-order valence-corrected chi connectivity index (χ0v) is 8.50. The molecule has 0 radical (unpaired) electrons. The summed E-state index contributed by atoms with van der Waals surface area (Å²) in [6.07, 6.45) is 6.63. The predicted molar refractivity (Wildman–Crippen MR) is 55.1 cm³/mol. The van der Waals surface area contributed by atoms with Crippen LogP contribution in [0.3, 0.4) is 0 Å². The molecule has 3 nitrogen and oxygen atoms in total. The average Bonchev–Trinajstić information content (AvgIpc) is 2.45. The number of hydrogen-bond donors (Lipinski definition) is 1. The van der Waals surface area contributed by atoms with E-state index in [9.17, 15) is 0 Å². The lowest BCUT2D eigenvalue weighted by molar-refractivity contribution is 0.391. The molecule has 1 fully saturated rings. The molecule has 0 amide bonds. The fourth-order valence-electron chi connectivity index (χ4n) is 1.94. The van der Waals surface area contributed by atoms with Gasteiger partial charge >= 0.3 is 0 Å². The molecule has 0 saturated carbocycles. The molecule has 0 aromatic heterocycles. The van der Waals surface area contributed by atoms with Gasteiger partial charge in [0.15, 0.2) is 0 Å². The molecule has 2 heterocycles. The molecular weight excluding hydrogens is 164 g/mol. The van der Waals surface area contributed by atoms with E-state index >= 15 is 0 Å². The Balaban J connectivity index is 0.000000396. The Kier molecular flexibility index (Phi) is 4.83.